The smallest absolute Gasteiger partial charge is 0.240 e. The third-order valence-electron chi connectivity index (χ3n) is 3.49. The molecule has 2 atom stereocenters. The largest absolute Gasteiger partial charge is 0.396 e. The summed E-state index contributed by atoms with van der Waals surface area (Å²) in [5.74, 6) is 0.0728. The lowest BCUT2D eigenvalue weighted by Gasteiger charge is -2.19. The summed E-state index contributed by atoms with van der Waals surface area (Å²) in [7, 11) is -3.46. The van der Waals surface area contributed by atoms with Crippen LogP contribution in [-0.4, -0.2) is 26.2 Å². The van der Waals surface area contributed by atoms with Crippen LogP contribution in [0.25, 0.3) is 0 Å². The van der Waals surface area contributed by atoms with Crippen LogP contribution in [0.5, 0.6) is 0 Å². The van der Waals surface area contributed by atoms with Gasteiger partial charge in [-0.05, 0) is 35.4 Å². The SMILES string of the molecule is CC(C)(C)c1ccc(S(=O)(=O)N[C@H]2C[C@H]2CO)cc1. The molecule has 1 aromatic rings. The van der Waals surface area contributed by atoms with E-state index in [1.807, 2.05) is 12.1 Å². The van der Waals surface area contributed by atoms with Gasteiger partial charge in [-0.2, -0.15) is 0 Å². The number of hydrogen-bond donors (Lipinski definition) is 2. The van der Waals surface area contributed by atoms with Gasteiger partial charge in [-0.25, -0.2) is 13.1 Å². The minimum absolute atomic E-state index is 0.00813. The number of rotatable bonds is 4. The molecule has 1 aliphatic rings. The van der Waals surface area contributed by atoms with E-state index < -0.39 is 10.0 Å². The van der Waals surface area contributed by atoms with Crippen molar-refractivity contribution in [3.05, 3.63) is 29.8 Å². The van der Waals surface area contributed by atoms with Crippen LogP contribution in [0.1, 0.15) is 32.8 Å². The minimum atomic E-state index is -3.46. The molecule has 4 nitrogen and oxygen atoms in total. The molecule has 1 aliphatic carbocycles. The maximum absolute atomic E-state index is 12.1. The Bertz CT molecular complexity index is 543. The zero-order chi connectivity index (χ0) is 14.3. The zero-order valence-electron chi connectivity index (χ0n) is 11.6. The van der Waals surface area contributed by atoms with E-state index >= 15 is 0 Å². The van der Waals surface area contributed by atoms with Crippen LogP contribution in [0.4, 0.5) is 0 Å². The van der Waals surface area contributed by atoms with Crippen LogP contribution in [0.3, 0.4) is 0 Å². The lowest BCUT2D eigenvalue weighted by molar-refractivity contribution is 0.273. The molecular formula is C14H21NO3S. The zero-order valence-corrected chi connectivity index (χ0v) is 12.4. The molecule has 0 spiro atoms. The molecule has 1 aromatic carbocycles. The second kappa shape index (κ2) is 4.89. The number of sulfonamides is 1. The molecule has 0 aromatic heterocycles. The van der Waals surface area contributed by atoms with Gasteiger partial charge in [0, 0.05) is 12.6 Å². The highest BCUT2D eigenvalue weighted by Gasteiger charge is 2.39. The van der Waals surface area contributed by atoms with E-state index in [2.05, 4.69) is 25.5 Å². The highest BCUT2D eigenvalue weighted by atomic mass is 32.2. The second-order valence-corrected chi connectivity index (χ2v) is 7.89. The Labute approximate surface area is 114 Å². The maximum atomic E-state index is 12.1. The van der Waals surface area contributed by atoms with Crippen molar-refractivity contribution in [2.75, 3.05) is 6.61 Å². The Morgan fingerprint density at radius 1 is 1.26 bits per heavy atom. The molecule has 0 radical (unpaired) electrons. The van der Waals surface area contributed by atoms with Gasteiger partial charge in [-0.15, -0.1) is 0 Å². The standard InChI is InChI=1S/C14H21NO3S/c1-14(2,3)11-4-6-12(7-5-11)19(17,18)15-13-8-10(13)9-16/h4-7,10,13,15-16H,8-9H2,1-3H3/t10-,13-/m0/s1. The van der Waals surface area contributed by atoms with Crippen molar-refractivity contribution in [2.45, 2.75) is 43.5 Å². The van der Waals surface area contributed by atoms with Gasteiger partial charge in [-0.3, -0.25) is 0 Å². The summed E-state index contributed by atoms with van der Waals surface area (Å²) < 4.78 is 26.8. The van der Waals surface area contributed by atoms with Gasteiger partial charge >= 0.3 is 0 Å². The summed E-state index contributed by atoms with van der Waals surface area (Å²) in [5, 5.41) is 8.93. The number of aliphatic hydroxyl groups is 1. The summed E-state index contributed by atoms with van der Waals surface area (Å²) in [6.45, 7) is 6.30. The van der Waals surface area contributed by atoms with Crippen molar-refractivity contribution in [3.63, 3.8) is 0 Å². The highest BCUT2D eigenvalue weighted by molar-refractivity contribution is 7.89. The summed E-state index contributed by atoms with van der Waals surface area (Å²) >= 11 is 0. The van der Waals surface area contributed by atoms with Gasteiger partial charge in [-0.1, -0.05) is 32.9 Å². The summed E-state index contributed by atoms with van der Waals surface area (Å²) in [5.41, 5.74) is 1.11. The average Bonchev–Trinajstić information content (AvgIpc) is 3.06. The normalized spacial score (nSPS) is 23.4. The molecule has 0 unspecified atom stereocenters. The van der Waals surface area contributed by atoms with Crippen molar-refractivity contribution in [2.24, 2.45) is 5.92 Å². The predicted molar refractivity (Wildman–Crippen MR) is 74.4 cm³/mol. The van der Waals surface area contributed by atoms with Crippen molar-refractivity contribution in [3.8, 4) is 0 Å². The van der Waals surface area contributed by atoms with Gasteiger partial charge in [0.1, 0.15) is 0 Å². The average molecular weight is 283 g/mol. The predicted octanol–water partition coefficient (Wildman–Crippen LogP) is 1.64. The van der Waals surface area contributed by atoms with Crippen LogP contribution in [0.2, 0.25) is 0 Å². The molecule has 0 saturated heterocycles. The Morgan fingerprint density at radius 2 is 1.84 bits per heavy atom. The summed E-state index contributed by atoms with van der Waals surface area (Å²) in [4.78, 5) is 0.282. The van der Waals surface area contributed by atoms with E-state index in [0.29, 0.717) is 0 Å². The van der Waals surface area contributed by atoms with Gasteiger partial charge in [0.15, 0.2) is 0 Å². The highest BCUT2D eigenvalue weighted by Crippen LogP contribution is 2.31. The summed E-state index contributed by atoms with van der Waals surface area (Å²) in [6, 6.07) is 6.87. The topological polar surface area (TPSA) is 66.4 Å². The van der Waals surface area contributed by atoms with Crippen LogP contribution in [0, 0.1) is 5.92 Å². The Balaban J connectivity index is 2.13. The van der Waals surface area contributed by atoms with Crippen LogP contribution in [-0.2, 0) is 15.4 Å². The van der Waals surface area contributed by atoms with Crippen molar-refractivity contribution in [1.82, 2.24) is 4.72 Å². The molecule has 2 N–H and O–H groups in total. The number of aliphatic hydroxyl groups excluding tert-OH is 1. The first-order chi connectivity index (χ1) is 8.74. The number of nitrogens with one attached hydrogen (secondary N) is 1. The summed E-state index contributed by atoms with van der Waals surface area (Å²) in [6.07, 6.45) is 0.718. The minimum Gasteiger partial charge on any atom is -0.396 e. The Hall–Kier alpha value is -0.910. The molecule has 0 amide bonds. The maximum Gasteiger partial charge on any atom is 0.240 e. The third-order valence-corrected chi connectivity index (χ3v) is 5.00. The quantitative estimate of drug-likeness (QED) is 0.883. The molecule has 5 heteroatoms. The molecule has 19 heavy (non-hydrogen) atoms. The molecule has 106 valence electrons. The lowest BCUT2D eigenvalue weighted by atomic mass is 9.87. The van der Waals surface area contributed by atoms with E-state index in [0.717, 1.165) is 12.0 Å². The fourth-order valence-electron chi connectivity index (χ4n) is 2.00. The fourth-order valence-corrected chi connectivity index (χ4v) is 3.31. The Kier molecular flexibility index (Phi) is 3.73. The van der Waals surface area contributed by atoms with E-state index in [1.54, 1.807) is 12.1 Å². The van der Waals surface area contributed by atoms with Crippen LogP contribution >= 0.6 is 0 Å². The van der Waals surface area contributed by atoms with Gasteiger partial charge in [0.2, 0.25) is 10.0 Å². The number of hydrogen-bond acceptors (Lipinski definition) is 3. The molecule has 1 saturated carbocycles. The van der Waals surface area contributed by atoms with Crippen molar-refractivity contribution >= 4 is 10.0 Å². The molecule has 0 heterocycles. The molecule has 0 aliphatic heterocycles. The third kappa shape index (κ3) is 3.35. The van der Waals surface area contributed by atoms with Gasteiger partial charge in [0.05, 0.1) is 4.90 Å². The van der Waals surface area contributed by atoms with E-state index in [-0.39, 0.29) is 28.9 Å². The van der Waals surface area contributed by atoms with E-state index in [1.165, 1.54) is 0 Å². The first-order valence-electron chi connectivity index (χ1n) is 6.48. The van der Waals surface area contributed by atoms with Gasteiger partial charge < -0.3 is 5.11 Å². The second-order valence-electron chi connectivity index (χ2n) is 6.18. The van der Waals surface area contributed by atoms with Gasteiger partial charge in [0.25, 0.3) is 0 Å². The number of benzene rings is 1. The molecule has 1 fully saturated rings. The fraction of sp³-hybridized carbons (Fsp3) is 0.571. The Morgan fingerprint density at radius 3 is 2.26 bits per heavy atom. The van der Waals surface area contributed by atoms with Crippen molar-refractivity contribution in [1.29, 1.82) is 0 Å². The first-order valence-corrected chi connectivity index (χ1v) is 7.96. The van der Waals surface area contributed by atoms with Crippen LogP contribution in [0.15, 0.2) is 29.2 Å². The first kappa shape index (κ1) is 14.5. The molecular weight excluding hydrogens is 262 g/mol. The lowest BCUT2D eigenvalue weighted by Crippen LogP contribution is -2.27. The monoisotopic (exact) mass is 283 g/mol. The molecule has 2 rings (SSSR count). The molecule has 0 bridgehead atoms. The van der Waals surface area contributed by atoms with E-state index in [9.17, 15) is 8.42 Å². The van der Waals surface area contributed by atoms with E-state index in [4.69, 9.17) is 5.11 Å². The van der Waals surface area contributed by atoms with Crippen molar-refractivity contribution < 1.29 is 13.5 Å². The van der Waals surface area contributed by atoms with Crippen LogP contribution < -0.4 is 4.72 Å².